The molecule has 2 aliphatic heterocycles. The van der Waals surface area contributed by atoms with E-state index in [4.69, 9.17) is 9.15 Å². The van der Waals surface area contributed by atoms with Crippen molar-refractivity contribution < 1.29 is 9.15 Å². The van der Waals surface area contributed by atoms with Crippen molar-refractivity contribution in [1.29, 1.82) is 0 Å². The van der Waals surface area contributed by atoms with E-state index in [1.54, 1.807) is 0 Å². The van der Waals surface area contributed by atoms with Crippen LogP contribution in [-0.2, 0) is 23.7 Å². The maximum absolute atomic E-state index is 7.14. The van der Waals surface area contributed by atoms with E-state index in [2.05, 4.69) is 120 Å². The van der Waals surface area contributed by atoms with Crippen molar-refractivity contribution in [2.75, 3.05) is 4.90 Å². The molecule has 0 saturated heterocycles. The summed E-state index contributed by atoms with van der Waals surface area (Å²) < 4.78 is 13.9. The molecule has 3 aliphatic rings. The molecule has 0 atom stereocenters. The lowest BCUT2D eigenvalue weighted by Crippen LogP contribution is -2.60. The van der Waals surface area contributed by atoms with Crippen molar-refractivity contribution >= 4 is 51.3 Å². The van der Waals surface area contributed by atoms with Crippen LogP contribution in [0.5, 0.6) is 11.5 Å². The van der Waals surface area contributed by atoms with Crippen molar-refractivity contribution in [2.45, 2.75) is 72.1 Å². The third kappa shape index (κ3) is 3.46. The Kier molecular flexibility index (Phi) is 4.90. The summed E-state index contributed by atoms with van der Waals surface area (Å²) in [5.74, 6) is 1.91. The molecule has 4 aromatic carbocycles. The highest BCUT2D eigenvalue weighted by molar-refractivity contribution is 6.99. The number of hydrogen-bond donors (Lipinski definition) is 0. The average molecular weight is 538 g/mol. The van der Waals surface area contributed by atoms with Crippen LogP contribution in [0.3, 0.4) is 0 Å². The predicted molar refractivity (Wildman–Crippen MR) is 172 cm³/mol. The maximum Gasteiger partial charge on any atom is 0.301 e. The largest absolute Gasteiger partial charge is 0.468 e. The number of nitrogens with zero attached hydrogens (tertiary/aromatic N) is 1. The summed E-state index contributed by atoms with van der Waals surface area (Å²) in [7, 11) is 0. The third-order valence-corrected chi connectivity index (χ3v) is 9.36. The summed E-state index contributed by atoms with van der Waals surface area (Å²) >= 11 is 0. The lowest BCUT2D eigenvalue weighted by atomic mass is 9.35. The van der Waals surface area contributed by atoms with Crippen LogP contribution in [-0.4, -0.2) is 6.71 Å². The van der Waals surface area contributed by atoms with E-state index in [0.29, 0.717) is 0 Å². The molecule has 0 amide bonds. The number of benzene rings is 4. The molecule has 0 fully saturated rings. The molecule has 0 radical (unpaired) electrons. The summed E-state index contributed by atoms with van der Waals surface area (Å²) in [6.07, 6.45) is 2.23. The minimum atomic E-state index is -0.0505. The third-order valence-electron chi connectivity index (χ3n) is 9.36. The number of hydrogen-bond acceptors (Lipinski definition) is 3. The first-order valence-electron chi connectivity index (χ1n) is 14.9. The van der Waals surface area contributed by atoms with Crippen LogP contribution in [0.25, 0.3) is 11.0 Å². The Labute approximate surface area is 243 Å². The van der Waals surface area contributed by atoms with Gasteiger partial charge >= 0.3 is 6.71 Å². The zero-order valence-corrected chi connectivity index (χ0v) is 25.1. The molecule has 3 nitrogen and oxygen atoms in total. The van der Waals surface area contributed by atoms with Crippen molar-refractivity contribution in [3.63, 3.8) is 0 Å². The van der Waals surface area contributed by atoms with E-state index < -0.39 is 0 Å². The van der Waals surface area contributed by atoms with Crippen LogP contribution in [0.1, 0.15) is 69.4 Å². The number of furan rings is 1. The monoisotopic (exact) mass is 537 g/mol. The van der Waals surface area contributed by atoms with E-state index in [1.807, 2.05) is 0 Å². The SMILES string of the molecule is Cc1cc2c3c(c1)N(c1ccc(C(C)(C)C)cc1)c1c(oc4c(C(C)(C)C)cccc14)B3c1c(ccc3c1CC3)O2. The molecule has 5 aromatic rings. The summed E-state index contributed by atoms with van der Waals surface area (Å²) in [6, 6.07) is 24.7. The Morgan fingerprint density at radius 1 is 0.780 bits per heavy atom. The summed E-state index contributed by atoms with van der Waals surface area (Å²) in [5.41, 5.74) is 14.7. The van der Waals surface area contributed by atoms with E-state index in [1.165, 1.54) is 49.8 Å². The minimum absolute atomic E-state index is 0.0000771. The van der Waals surface area contributed by atoms with Gasteiger partial charge in [-0.15, -0.1) is 0 Å². The normalized spacial score (nSPS) is 15.1. The number of para-hydroxylation sites is 1. The maximum atomic E-state index is 7.14. The van der Waals surface area contributed by atoms with Gasteiger partial charge in [-0.1, -0.05) is 71.9 Å². The Hall–Kier alpha value is -3.92. The summed E-state index contributed by atoms with van der Waals surface area (Å²) in [5, 5.41) is 1.17. The fourth-order valence-corrected chi connectivity index (χ4v) is 7.18. The lowest BCUT2D eigenvalue weighted by molar-refractivity contribution is 0.485. The van der Waals surface area contributed by atoms with E-state index in [-0.39, 0.29) is 17.5 Å². The van der Waals surface area contributed by atoms with Crippen LogP contribution in [0.2, 0.25) is 0 Å². The van der Waals surface area contributed by atoms with Gasteiger partial charge in [0, 0.05) is 27.8 Å². The van der Waals surface area contributed by atoms with E-state index in [0.717, 1.165) is 47.0 Å². The highest BCUT2D eigenvalue weighted by Crippen LogP contribution is 2.47. The van der Waals surface area contributed by atoms with Gasteiger partial charge in [-0.2, -0.15) is 0 Å². The molecule has 204 valence electrons. The van der Waals surface area contributed by atoms with Crippen molar-refractivity contribution in [3.05, 3.63) is 94.5 Å². The smallest absolute Gasteiger partial charge is 0.301 e. The number of aryl methyl sites for hydroxylation is 2. The molecule has 8 rings (SSSR count). The molecular formula is C37H36BNO2. The molecule has 0 N–H and O–H groups in total. The molecule has 0 bridgehead atoms. The van der Waals surface area contributed by atoms with Crippen LogP contribution >= 0.6 is 0 Å². The van der Waals surface area contributed by atoms with Crippen molar-refractivity contribution in [2.24, 2.45) is 0 Å². The van der Waals surface area contributed by atoms with Crippen LogP contribution in [0.15, 0.2) is 71.1 Å². The van der Waals surface area contributed by atoms with E-state index in [9.17, 15) is 0 Å². The molecule has 3 heterocycles. The summed E-state index contributed by atoms with van der Waals surface area (Å²) in [4.78, 5) is 2.44. The zero-order chi connectivity index (χ0) is 28.4. The van der Waals surface area contributed by atoms with Crippen LogP contribution < -0.4 is 26.2 Å². The predicted octanol–water partition coefficient (Wildman–Crippen LogP) is 7.84. The van der Waals surface area contributed by atoms with E-state index >= 15 is 0 Å². The zero-order valence-electron chi connectivity index (χ0n) is 25.1. The number of fused-ring (bicyclic) bond motifs is 8. The highest BCUT2D eigenvalue weighted by Gasteiger charge is 2.48. The van der Waals surface area contributed by atoms with Crippen molar-refractivity contribution in [1.82, 2.24) is 0 Å². The Morgan fingerprint density at radius 2 is 1.56 bits per heavy atom. The molecule has 0 saturated carbocycles. The molecule has 1 aliphatic carbocycles. The van der Waals surface area contributed by atoms with Crippen LogP contribution in [0, 0.1) is 6.92 Å². The van der Waals surface area contributed by atoms with Gasteiger partial charge < -0.3 is 14.1 Å². The number of ether oxygens (including phenoxy) is 1. The van der Waals surface area contributed by atoms with Gasteiger partial charge in [-0.3, -0.25) is 0 Å². The van der Waals surface area contributed by atoms with Crippen LogP contribution in [0.4, 0.5) is 17.1 Å². The Balaban J connectivity index is 1.48. The fourth-order valence-electron chi connectivity index (χ4n) is 7.18. The number of rotatable bonds is 1. The highest BCUT2D eigenvalue weighted by atomic mass is 16.5. The molecule has 1 aromatic heterocycles. The summed E-state index contributed by atoms with van der Waals surface area (Å²) in [6.45, 7) is 15.8. The lowest BCUT2D eigenvalue weighted by Gasteiger charge is -2.40. The Morgan fingerprint density at radius 3 is 2.24 bits per heavy atom. The first kappa shape index (κ1) is 24.8. The van der Waals surface area contributed by atoms with Gasteiger partial charge in [0.2, 0.25) is 0 Å². The molecular weight excluding hydrogens is 501 g/mol. The molecule has 0 spiro atoms. The number of anilines is 3. The fraction of sp³-hybridized carbons (Fsp3) is 0.297. The van der Waals surface area contributed by atoms with Crippen molar-refractivity contribution in [3.8, 4) is 11.5 Å². The molecule has 0 unspecified atom stereocenters. The van der Waals surface area contributed by atoms with Gasteiger partial charge in [0.15, 0.2) is 0 Å². The molecule has 41 heavy (non-hydrogen) atoms. The second-order valence-electron chi connectivity index (χ2n) is 14.2. The van der Waals surface area contributed by atoms with Gasteiger partial charge in [-0.25, -0.2) is 0 Å². The van der Waals surface area contributed by atoms with Gasteiger partial charge in [-0.05, 0) is 94.7 Å². The Bertz CT molecular complexity index is 1900. The second-order valence-corrected chi connectivity index (χ2v) is 14.2. The quantitative estimate of drug-likeness (QED) is 0.200. The first-order chi connectivity index (χ1) is 19.5. The topological polar surface area (TPSA) is 25.6 Å². The first-order valence-corrected chi connectivity index (χ1v) is 14.9. The van der Waals surface area contributed by atoms with Gasteiger partial charge in [0.1, 0.15) is 17.1 Å². The average Bonchev–Trinajstić information content (AvgIpc) is 3.27. The minimum Gasteiger partial charge on any atom is -0.468 e. The van der Waals surface area contributed by atoms with Gasteiger partial charge in [0.25, 0.3) is 0 Å². The van der Waals surface area contributed by atoms with Gasteiger partial charge in [0.05, 0.1) is 11.3 Å². The standard InChI is InChI=1S/C37H36BNO2/c1-21-19-28-32-30(20-21)40-29-18-12-22-11-17-25(22)31(29)38(32)35-33(26-9-8-10-27(34(26)41-35)37(5,6)7)39(28)24-15-13-23(14-16-24)36(2,3)4/h8-10,12-16,18-20H,11,17H2,1-7H3. The molecule has 4 heteroatoms. The second kappa shape index (κ2) is 8.09.